The summed E-state index contributed by atoms with van der Waals surface area (Å²) in [5.41, 5.74) is 1.71. The number of hydrogen-bond donors (Lipinski definition) is 0. The molecule has 3 aliphatic rings. The summed E-state index contributed by atoms with van der Waals surface area (Å²) in [5, 5.41) is 9.21. The van der Waals surface area contributed by atoms with Crippen molar-refractivity contribution in [3.8, 4) is 6.07 Å². The minimum atomic E-state index is 0.167. The van der Waals surface area contributed by atoms with Crippen molar-refractivity contribution < 1.29 is 0 Å². The Hall–Kier alpha value is -1.37. The van der Waals surface area contributed by atoms with Gasteiger partial charge in [-0.3, -0.25) is 4.90 Å². The van der Waals surface area contributed by atoms with E-state index in [1.165, 1.54) is 38.8 Å². The van der Waals surface area contributed by atoms with E-state index in [2.05, 4.69) is 53.2 Å². The molecule has 2 atom stereocenters. The summed E-state index contributed by atoms with van der Waals surface area (Å²) in [6.07, 6.45) is 6.16. The minimum absolute atomic E-state index is 0.167. The Bertz CT molecular complexity index is 591. The topological polar surface area (TPSA) is 30.3 Å². The maximum absolute atomic E-state index is 9.21. The number of rotatable bonds is 5. The van der Waals surface area contributed by atoms with E-state index in [0.717, 1.165) is 30.8 Å². The van der Waals surface area contributed by atoms with Gasteiger partial charge >= 0.3 is 0 Å². The maximum Gasteiger partial charge on any atom is 0.0642 e. The second kappa shape index (κ2) is 6.50. The van der Waals surface area contributed by atoms with Gasteiger partial charge in [0, 0.05) is 13.1 Å². The molecule has 1 aliphatic carbocycles. The molecule has 2 heterocycles. The van der Waals surface area contributed by atoms with Gasteiger partial charge in [0.2, 0.25) is 0 Å². The van der Waals surface area contributed by atoms with E-state index < -0.39 is 0 Å². The van der Waals surface area contributed by atoms with Crippen LogP contribution in [-0.2, 0) is 0 Å². The van der Waals surface area contributed by atoms with Gasteiger partial charge in [-0.15, -0.1) is 0 Å². The number of likely N-dealkylation sites (N-methyl/N-ethyl adjacent to an activating group) is 1. The zero-order chi connectivity index (χ0) is 16.6. The summed E-state index contributed by atoms with van der Waals surface area (Å²) in [5.74, 6) is 2.65. The van der Waals surface area contributed by atoms with Gasteiger partial charge in [0.1, 0.15) is 0 Å². The third-order valence-corrected chi connectivity index (χ3v) is 6.61. The molecule has 0 N–H and O–H groups in total. The van der Waals surface area contributed by atoms with Crippen molar-refractivity contribution in [3.63, 3.8) is 0 Å². The number of nitrogens with zero attached hydrogens (tertiary/aromatic N) is 3. The van der Waals surface area contributed by atoms with Crippen LogP contribution in [0.25, 0.3) is 0 Å². The fourth-order valence-electron chi connectivity index (χ4n) is 5.22. The molecule has 1 aromatic rings. The minimum Gasteiger partial charge on any atom is -0.303 e. The standard InChI is InChI=1S/C21H29N3/c1-23-15-21(16-23,9-10-22)24-11-7-17(8-12-24)13-19-14-20(19)18-5-3-2-4-6-18/h2-6,17,19-20H,7-9,11-16H2,1H3. The number of nitriles is 1. The quantitative estimate of drug-likeness (QED) is 0.831. The van der Waals surface area contributed by atoms with E-state index in [-0.39, 0.29) is 5.54 Å². The highest BCUT2D eigenvalue weighted by molar-refractivity contribution is 5.25. The highest BCUT2D eigenvalue weighted by Crippen LogP contribution is 2.52. The van der Waals surface area contributed by atoms with Crippen LogP contribution in [0.1, 0.15) is 43.6 Å². The van der Waals surface area contributed by atoms with E-state index in [0.29, 0.717) is 6.42 Å². The summed E-state index contributed by atoms with van der Waals surface area (Å²) in [4.78, 5) is 4.98. The van der Waals surface area contributed by atoms with Crippen LogP contribution in [0.3, 0.4) is 0 Å². The summed E-state index contributed by atoms with van der Waals surface area (Å²) in [6, 6.07) is 13.5. The van der Waals surface area contributed by atoms with E-state index in [4.69, 9.17) is 0 Å². The van der Waals surface area contributed by atoms with Gasteiger partial charge in [-0.25, -0.2) is 0 Å². The number of hydrogen-bond acceptors (Lipinski definition) is 3. The second-order valence-electron chi connectivity index (χ2n) is 8.41. The molecule has 1 saturated carbocycles. The van der Waals surface area contributed by atoms with E-state index in [1.54, 1.807) is 5.56 Å². The van der Waals surface area contributed by atoms with Crippen LogP contribution in [0, 0.1) is 23.2 Å². The van der Waals surface area contributed by atoms with Crippen LogP contribution in [-0.4, -0.2) is 48.6 Å². The predicted octanol–water partition coefficient (Wildman–Crippen LogP) is 3.49. The molecule has 3 fully saturated rings. The molecule has 3 nitrogen and oxygen atoms in total. The first-order valence-corrected chi connectivity index (χ1v) is 9.56. The van der Waals surface area contributed by atoms with Crippen molar-refractivity contribution in [1.82, 2.24) is 9.80 Å². The normalized spacial score (nSPS) is 30.5. The summed E-state index contributed by atoms with van der Waals surface area (Å²) in [7, 11) is 2.17. The Balaban J connectivity index is 1.26. The van der Waals surface area contributed by atoms with Gasteiger partial charge in [0.15, 0.2) is 0 Å². The smallest absolute Gasteiger partial charge is 0.0642 e. The molecular weight excluding hydrogens is 294 g/mol. The monoisotopic (exact) mass is 323 g/mol. The molecule has 2 saturated heterocycles. The summed E-state index contributed by atoms with van der Waals surface area (Å²) < 4.78 is 0. The third-order valence-electron chi connectivity index (χ3n) is 6.61. The zero-order valence-corrected chi connectivity index (χ0v) is 14.8. The lowest BCUT2D eigenvalue weighted by Crippen LogP contribution is -2.69. The molecule has 24 heavy (non-hydrogen) atoms. The van der Waals surface area contributed by atoms with Crippen LogP contribution in [0.5, 0.6) is 0 Å². The van der Waals surface area contributed by atoms with Crippen molar-refractivity contribution in [1.29, 1.82) is 5.26 Å². The highest BCUT2D eigenvalue weighted by Gasteiger charge is 2.47. The van der Waals surface area contributed by atoms with Crippen molar-refractivity contribution in [2.75, 3.05) is 33.2 Å². The summed E-state index contributed by atoms with van der Waals surface area (Å²) in [6.45, 7) is 4.54. The fraction of sp³-hybridized carbons (Fsp3) is 0.667. The van der Waals surface area contributed by atoms with E-state index in [1.807, 2.05) is 0 Å². The van der Waals surface area contributed by atoms with Crippen molar-refractivity contribution in [3.05, 3.63) is 35.9 Å². The molecular formula is C21H29N3. The lowest BCUT2D eigenvalue weighted by atomic mass is 9.81. The van der Waals surface area contributed by atoms with Gasteiger partial charge in [0.05, 0.1) is 18.0 Å². The van der Waals surface area contributed by atoms with Crippen LogP contribution >= 0.6 is 0 Å². The van der Waals surface area contributed by atoms with Crippen LogP contribution in [0.15, 0.2) is 30.3 Å². The first kappa shape index (κ1) is 16.1. The number of piperidine rings is 1. The van der Waals surface area contributed by atoms with Gasteiger partial charge in [-0.1, -0.05) is 30.3 Å². The average molecular weight is 323 g/mol. The van der Waals surface area contributed by atoms with Gasteiger partial charge < -0.3 is 4.90 Å². The first-order chi connectivity index (χ1) is 11.7. The average Bonchev–Trinajstić information content (AvgIpc) is 3.34. The van der Waals surface area contributed by atoms with Gasteiger partial charge in [-0.05, 0) is 69.1 Å². The molecule has 4 rings (SSSR count). The Kier molecular flexibility index (Phi) is 4.37. The van der Waals surface area contributed by atoms with Gasteiger partial charge in [0.25, 0.3) is 0 Å². The van der Waals surface area contributed by atoms with Crippen LogP contribution in [0.4, 0.5) is 0 Å². The fourth-order valence-corrected chi connectivity index (χ4v) is 5.22. The van der Waals surface area contributed by atoms with Crippen molar-refractivity contribution in [2.24, 2.45) is 11.8 Å². The Labute approximate surface area is 146 Å². The van der Waals surface area contributed by atoms with Crippen LogP contribution < -0.4 is 0 Å². The highest BCUT2D eigenvalue weighted by atomic mass is 15.3. The number of benzene rings is 1. The lowest BCUT2D eigenvalue weighted by molar-refractivity contribution is -0.0551. The van der Waals surface area contributed by atoms with E-state index >= 15 is 0 Å². The SMILES string of the molecule is CN1CC(CC#N)(N2CCC(CC3CC3c3ccccc3)CC2)C1. The zero-order valence-electron chi connectivity index (χ0n) is 14.8. The molecule has 1 aromatic carbocycles. The maximum atomic E-state index is 9.21. The summed E-state index contributed by atoms with van der Waals surface area (Å²) >= 11 is 0. The van der Waals surface area contributed by atoms with Crippen molar-refractivity contribution in [2.45, 2.75) is 43.6 Å². The number of likely N-dealkylation sites (tertiary alicyclic amines) is 2. The molecule has 0 radical (unpaired) electrons. The molecule has 0 aromatic heterocycles. The van der Waals surface area contributed by atoms with Gasteiger partial charge in [-0.2, -0.15) is 5.26 Å². The Morgan fingerprint density at radius 3 is 2.50 bits per heavy atom. The Morgan fingerprint density at radius 1 is 1.17 bits per heavy atom. The Morgan fingerprint density at radius 2 is 1.88 bits per heavy atom. The molecule has 2 aliphatic heterocycles. The lowest BCUT2D eigenvalue weighted by Gasteiger charge is -2.55. The molecule has 128 valence electrons. The molecule has 2 unspecified atom stereocenters. The first-order valence-electron chi connectivity index (χ1n) is 9.56. The molecule has 0 bridgehead atoms. The predicted molar refractivity (Wildman–Crippen MR) is 96.7 cm³/mol. The molecule has 0 spiro atoms. The third kappa shape index (κ3) is 3.10. The van der Waals surface area contributed by atoms with Crippen molar-refractivity contribution >= 4 is 0 Å². The van der Waals surface area contributed by atoms with Crippen LogP contribution in [0.2, 0.25) is 0 Å². The molecule has 3 heteroatoms. The largest absolute Gasteiger partial charge is 0.303 e. The molecule has 0 amide bonds. The van der Waals surface area contributed by atoms with E-state index in [9.17, 15) is 5.26 Å². The second-order valence-corrected chi connectivity index (χ2v) is 8.41.